The molecule has 1 amide bonds. The second-order valence-corrected chi connectivity index (χ2v) is 4.89. The number of aromatic nitrogens is 1. The number of nitrogens with zero attached hydrogens (tertiary/aromatic N) is 1. The Morgan fingerprint density at radius 3 is 2.91 bits per heavy atom. The predicted octanol–water partition coefficient (Wildman–Crippen LogP) is 2.89. The van der Waals surface area contributed by atoms with Gasteiger partial charge in [0.2, 0.25) is 0 Å². The summed E-state index contributed by atoms with van der Waals surface area (Å²) in [7, 11) is 0. The third-order valence-corrected chi connectivity index (χ3v) is 3.30. The lowest BCUT2D eigenvalue weighted by molar-refractivity contribution is 0.102. The van der Waals surface area contributed by atoms with E-state index in [-0.39, 0.29) is 29.0 Å². The van der Waals surface area contributed by atoms with Gasteiger partial charge in [-0.2, -0.15) is 0 Å². The summed E-state index contributed by atoms with van der Waals surface area (Å²) in [4.78, 5) is 16.3. The summed E-state index contributed by atoms with van der Waals surface area (Å²) in [5.41, 5.74) is 0.699. The highest BCUT2D eigenvalue weighted by Gasteiger charge is 2.19. The van der Waals surface area contributed by atoms with Crippen LogP contribution in [0.5, 0.6) is 0 Å². The number of fused-ring (bicyclic) bond motifs is 1. The van der Waals surface area contributed by atoms with Gasteiger partial charge in [-0.1, -0.05) is 0 Å². The molecule has 0 bridgehead atoms. The first-order valence-electron chi connectivity index (χ1n) is 6.82. The Morgan fingerprint density at radius 2 is 2.13 bits per heavy atom. The van der Waals surface area contributed by atoms with E-state index >= 15 is 0 Å². The van der Waals surface area contributed by atoms with Gasteiger partial charge in [0.1, 0.15) is 29.3 Å². The Bertz CT molecular complexity index is 877. The number of aliphatic hydroxyl groups excluding tert-OH is 1. The number of carbonyl (C=O) groups excluding carboxylic acids is 1. The van der Waals surface area contributed by atoms with E-state index in [9.17, 15) is 13.6 Å². The molecule has 0 radical (unpaired) electrons. The predicted molar refractivity (Wildman–Crippen MR) is 79.1 cm³/mol. The van der Waals surface area contributed by atoms with Gasteiger partial charge in [-0.3, -0.25) is 4.79 Å². The molecule has 0 aliphatic carbocycles. The standard InChI is InChI=1S/C16H12F2N2O3/c17-10-6-12(18)15-11(8-23-13(15)7-10)16(22)20-14-5-9(2-4-21)1-3-19-14/h1,3,5-8,21H,2,4H2,(H,19,20,22). The van der Waals surface area contributed by atoms with Gasteiger partial charge in [-0.25, -0.2) is 13.8 Å². The molecule has 0 aliphatic rings. The van der Waals surface area contributed by atoms with E-state index in [0.717, 1.165) is 17.9 Å². The van der Waals surface area contributed by atoms with E-state index in [1.807, 2.05) is 0 Å². The summed E-state index contributed by atoms with van der Waals surface area (Å²) in [6.07, 6.45) is 2.98. The number of pyridine rings is 1. The van der Waals surface area contributed by atoms with E-state index in [4.69, 9.17) is 9.52 Å². The number of aliphatic hydroxyl groups is 1. The largest absolute Gasteiger partial charge is 0.463 e. The van der Waals surface area contributed by atoms with E-state index in [1.54, 1.807) is 12.1 Å². The first-order valence-corrected chi connectivity index (χ1v) is 6.82. The number of hydrogen-bond acceptors (Lipinski definition) is 4. The molecule has 2 aromatic heterocycles. The van der Waals surface area contributed by atoms with Crippen molar-refractivity contribution in [2.24, 2.45) is 0 Å². The molecule has 3 aromatic rings. The van der Waals surface area contributed by atoms with E-state index in [0.29, 0.717) is 12.5 Å². The smallest absolute Gasteiger partial charge is 0.260 e. The molecule has 0 unspecified atom stereocenters. The molecule has 0 saturated heterocycles. The van der Waals surface area contributed by atoms with Crippen molar-refractivity contribution in [3.8, 4) is 0 Å². The van der Waals surface area contributed by atoms with Crippen LogP contribution in [0.25, 0.3) is 11.0 Å². The summed E-state index contributed by atoms with van der Waals surface area (Å²) in [6, 6.07) is 5.01. The second kappa shape index (κ2) is 6.13. The lowest BCUT2D eigenvalue weighted by Crippen LogP contribution is -2.13. The minimum atomic E-state index is -0.874. The van der Waals surface area contributed by atoms with Crippen LogP contribution in [0.15, 0.2) is 41.1 Å². The SMILES string of the molecule is O=C(Nc1cc(CCO)ccn1)c1coc2cc(F)cc(F)c12. The monoisotopic (exact) mass is 318 g/mol. The molecule has 0 aliphatic heterocycles. The maximum atomic E-state index is 13.9. The highest BCUT2D eigenvalue weighted by molar-refractivity contribution is 6.12. The number of furan rings is 1. The number of hydrogen-bond donors (Lipinski definition) is 2. The summed E-state index contributed by atoms with van der Waals surface area (Å²) in [6.45, 7) is -0.0272. The van der Waals surface area contributed by atoms with Gasteiger partial charge in [0.15, 0.2) is 0 Å². The Labute approximate surface area is 129 Å². The summed E-state index contributed by atoms with van der Waals surface area (Å²) < 4.78 is 32.1. The van der Waals surface area contributed by atoms with Crippen molar-refractivity contribution in [3.05, 3.63) is 59.5 Å². The first kappa shape index (κ1) is 15.1. The van der Waals surface area contributed by atoms with Crippen molar-refractivity contribution in [2.75, 3.05) is 11.9 Å². The highest BCUT2D eigenvalue weighted by atomic mass is 19.1. The summed E-state index contributed by atoms with van der Waals surface area (Å²) in [5, 5.41) is 11.4. The van der Waals surface area contributed by atoms with Crippen molar-refractivity contribution in [3.63, 3.8) is 0 Å². The number of rotatable bonds is 4. The van der Waals surface area contributed by atoms with Crippen LogP contribution in [0.1, 0.15) is 15.9 Å². The average molecular weight is 318 g/mol. The molecule has 3 rings (SSSR count). The molecule has 5 nitrogen and oxygen atoms in total. The lowest BCUT2D eigenvalue weighted by Gasteiger charge is -2.05. The number of carbonyl (C=O) groups is 1. The molecule has 0 atom stereocenters. The zero-order valence-corrected chi connectivity index (χ0v) is 11.8. The fraction of sp³-hybridized carbons (Fsp3) is 0.125. The van der Waals surface area contributed by atoms with Gasteiger partial charge in [-0.15, -0.1) is 0 Å². The lowest BCUT2D eigenvalue weighted by atomic mass is 10.1. The van der Waals surface area contributed by atoms with Crippen LogP contribution in [-0.2, 0) is 6.42 Å². The molecule has 118 valence electrons. The zero-order chi connectivity index (χ0) is 16.4. The fourth-order valence-corrected chi connectivity index (χ4v) is 2.26. The molecule has 7 heteroatoms. The van der Waals surface area contributed by atoms with Crippen LogP contribution in [0.4, 0.5) is 14.6 Å². The first-order chi connectivity index (χ1) is 11.1. The van der Waals surface area contributed by atoms with Crippen molar-refractivity contribution in [1.82, 2.24) is 4.98 Å². The van der Waals surface area contributed by atoms with Crippen molar-refractivity contribution in [2.45, 2.75) is 6.42 Å². The molecule has 2 heterocycles. The van der Waals surface area contributed by atoms with Crippen LogP contribution in [0, 0.1) is 11.6 Å². The third kappa shape index (κ3) is 3.04. The second-order valence-electron chi connectivity index (χ2n) is 4.89. The minimum absolute atomic E-state index is 0.0272. The Hall–Kier alpha value is -2.80. The topological polar surface area (TPSA) is 75.4 Å². The van der Waals surface area contributed by atoms with E-state index < -0.39 is 17.5 Å². The van der Waals surface area contributed by atoms with Crippen molar-refractivity contribution >= 4 is 22.7 Å². The molecule has 23 heavy (non-hydrogen) atoms. The van der Waals surface area contributed by atoms with Gasteiger partial charge in [-0.05, 0) is 24.1 Å². The Balaban J connectivity index is 1.91. The molecular formula is C16H12F2N2O3. The van der Waals surface area contributed by atoms with E-state index in [1.165, 1.54) is 6.20 Å². The van der Waals surface area contributed by atoms with Gasteiger partial charge >= 0.3 is 0 Å². The van der Waals surface area contributed by atoms with Crippen molar-refractivity contribution in [1.29, 1.82) is 0 Å². The van der Waals surface area contributed by atoms with Crippen LogP contribution in [0.3, 0.4) is 0 Å². The van der Waals surface area contributed by atoms with Gasteiger partial charge in [0, 0.05) is 24.9 Å². The average Bonchev–Trinajstić information content (AvgIpc) is 2.92. The van der Waals surface area contributed by atoms with Gasteiger partial charge < -0.3 is 14.8 Å². The number of benzene rings is 1. The van der Waals surface area contributed by atoms with Crippen molar-refractivity contribution < 1.29 is 23.1 Å². The maximum absolute atomic E-state index is 13.9. The maximum Gasteiger partial charge on any atom is 0.260 e. The third-order valence-electron chi connectivity index (χ3n) is 3.30. The van der Waals surface area contributed by atoms with Gasteiger partial charge in [0.25, 0.3) is 5.91 Å². The molecule has 0 fully saturated rings. The normalized spacial score (nSPS) is 10.9. The number of amides is 1. The van der Waals surface area contributed by atoms with Gasteiger partial charge in [0.05, 0.1) is 10.9 Å². The zero-order valence-electron chi connectivity index (χ0n) is 11.8. The molecular weight excluding hydrogens is 306 g/mol. The summed E-state index contributed by atoms with van der Waals surface area (Å²) in [5.74, 6) is -2.02. The molecule has 0 spiro atoms. The van der Waals surface area contributed by atoms with Crippen LogP contribution < -0.4 is 5.32 Å². The Kier molecular flexibility index (Phi) is 4.03. The fourth-order valence-electron chi connectivity index (χ4n) is 2.26. The van der Waals surface area contributed by atoms with Crippen LogP contribution in [-0.4, -0.2) is 22.6 Å². The van der Waals surface area contributed by atoms with E-state index in [2.05, 4.69) is 10.3 Å². The Morgan fingerprint density at radius 1 is 1.30 bits per heavy atom. The highest BCUT2D eigenvalue weighted by Crippen LogP contribution is 2.26. The molecule has 1 aromatic carbocycles. The number of nitrogens with one attached hydrogen (secondary N) is 1. The number of halogens is 2. The number of anilines is 1. The quantitative estimate of drug-likeness (QED) is 0.775. The molecule has 2 N–H and O–H groups in total. The minimum Gasteiger partial charge on any atom is -0.463 e. The van der Waals surface area contributed by atoms with Crippen LogP contribution >= 0.6 is 0 Å². The molecule has 0 saturated carbocycles. The van der Waals surface area contributed by atoms with Crippen LogP contribution in [0.2, 0.25) is 0 Å². The summed E-state index contributed by atoms with van der Waals surface area (Å²) >= 11 is 0.